The zero-order valence-corrected chi connectivity index (χ0v) is 14.8. The van der Waals surface area contributed by atoms with Crippen molar-refractivity contribution >= 4 is 45.6 Å². The van der Waals surface area contributed by atoms with Crippen LogP contribution in [0.3, 0.4) is 0 Å². The summed E-state index contributed by atoms with van der Waals surface area (Å²) in [5.74, 6) is -0.630. The number of rotatable bonds is 4. The van der Waals surface area contributed by atoms with E-state index in [-0.39, 0.29) is 17.5 Å². The fraction of sp³-hybridized carbons (Fsp3) is 0.0556. The first-order chi connectivity index (χ1) is 12.0. The molecule has 3 aromatic rings. The van der Waals surface area contributed by atoms with Gasteiger partial charge in [-0.05, 0) is 36.8 Å². The Labute approximate surface area is 153 Å². The smallest absolute Gasteiger partial charge is 0.275 e. The zero-order valence-electron chi connectivity index (χ0n) is 13.2. The minimum Gasteiger partial charge on any atom is -0.320 e. The summed E-state index contributed by atoms with van der Waals surface area (Å²) >= 11 is 7.14. The van der Waals surface area contributed by atoms with Gasteiger partial charge in [-0.15, -0.1) is 11.3 Å². The molecular formula is C18H14ClN3O2S. The average molecular weight is 372 g/mol. The number of nitrogens with one attached hydrogen (secondary N) is 2. The number of carbonyl (C=O) groups excluding carboxylic acids is 2. The minimum absolute atomic E-state index is 0.229. The van der Waals surface area contributed by atoms with Crippen LogP contribution >= 0.6 is 22.9 Å². The molecule has 1 heterocycles. The van der Waals surface area contributed by atoms with Crippen molar-refractivity contribution < 1.29 is 9.59 Å². The van der Waals surface area contributed by atoms with Crippen LogP contribution in [0, 0.1) is 6.92 Å². The zero-order chi connectivity index (χ0) is 17.8. The lowest BCUT2D eigenvalue weighted by atomic mass is 10.2. The molecule has 5 nitrogen and oxygen atoms in total. The lowest BCUT2D eigenvalue weighted by molar-refractivity contribution is 0.101. The van der Waals surface area contributed by atoms with Crippen LogP contribution in [-0.2, 0) is 0 Å². The van der Waals surface area contributed by atoms with Crippen molar-refractivity contribution in [2.75, 3.05) is 10.6 Å². The van der Waals surface area contributed by atoms with E-state index in [1.54, 1.807) is 41.8 Å². The second-order valence-corrected chi connectivity index (χ2v) is 6.57. The Morgan fingerprint density at radius 3 is 2.56 bits per heavy atom. The highest BCUT2D eigenvalue weighted by Crippen LogP contribution is 2.22. The van der Waals surface area contributed by atoms with Crippen molar-refractivity contribution in [3.63, 3.8) is 0 Å². The maximum atomic E-state index is 12.3. The number of aryl methyl sites for hydroxylation is 1. The Bertz CT molecular complexity index is 925. The van der Waals surface area contributed by atoms with Gasteiger partial charge < -0.3 is 5.32 Å². The van der Waals surface area contributed by atoms with Crippen molar-refractivity contribution in [2.45, 2.75) is 6.92 Å². The molecular weight excluding hydrogens is 358 g/mol. The van der Waals surface area contributed by atoms with E-state index in [9.17, 15) is 9.59 Å². The van der Waals surface area contributed by atoms with Gasteiger partial charge >= 0.3 is 0 Å². The highest BCUT2D eigenvalue weighted by atomic mass is 35.5. The number of hydrogen-bond donors (Lipinski definition) is 2. The van der Waals surface area contributed by atoms with Crippen LogP contribution in [-0.4, -0.2) is 16.8 Å². The number of benzene rings is 2. The molecule has 126 valence electrons. The molecule has 0 fully saturated rings. The Morgan fingerprint density at radius 1 is 1.04 bits per heavy atom. The molecule has 0 aliphatic carbocycles. The van der Waals surface area contributed by atoms with E-state index >= 15 is 0 Å². The Balaban J connectivity index is 1.69. The van der Waals surface area contributed by atoms with Crippen LogP contribution < -0.4 is 10.6 Å². The quantitative estimate of drug-likeness (QED) is 0.703. The van der Waals surface area contributed by atoms with Crippen molar-refractivity contribution in [1.29, 1.82) is 0 Å². The van der Waals surface area contributed by atoms with E-state index < -0.39 is 0 Å². The molecule has 0 saturated carbocycles. The first-order valence-corrected chi connectivity index (χ1v) is 8.68. The Morgan fingerprint density at radius 2 is 1.80 bits per heavy atom. The monoisotopic (exact) mass is 371 g/mol. The number of anilines is 2. The summed E-state index contributed by atoms with van der Waals surface area (Å²) in [6.07, 6.45) is 0. The number of amides is 2. The van der Waals surface area contributed by atoms with Crippen LogP contribution in [0.15, 0.2) is 53.9 Å². The largest absolute Gasteiger partial charge is 0.320 e. The van der Waals surface area contributed by atoms with Gasteiger partial charge in [0.25, 0.3) is 11.8 Å². The third-order valence-electron chi connectivity index (χ3n) is 3.44. The standard InChI is InChI=1S/C18H14ClN3O2S/c1-11-7-8-13(19)9-14(11)20-17(24)15-10-25-18(21-15)22-16(23)12-5-3-2-4-6-12/h2-10H,1H3,(H,20,24)(H,21,22,23). The second-order valence-electron chi connectivity index (χ2n) is 5.27. The van der Waals surface area contributed by atoms with E-state index in [1.807, 2.05) is 19.1 Å². The normalized spacial score (nSPS) is 10.3. The summed E-state index contributed by atoms with van der Waals surface area (Å²) in [6.45, 7) is 1.87. The molecule has 25 heavy (non-hydrogen) atoms. The molecule has 2 N–H and O–H groups in total. The highest BCUT2D eigenvalue weighted by Gasteiger charge is 2.14. The number of thiazole rings is 1. The maximum Gasteiger partial charge on any atom is 0.275 e. The van der Waals surface area contributed by atoms with Crippen molar-refractivity contribution in [2.24, 2.45) is 0 Å². The van der Waals surface area contributed by atoms with Crippen LogP contribution in [0.25, 0.3) is 0 Å². The molecule has 0 spiro atoms. The van der Waals surface area contributed by atoms with Gasteiger partial charge in [0.05, 0.1) is 0 Å². The molecule has 0 aliphatic rings. The van der Waals surface area contributed by atoms with Gasteiger partial charge in [-0.3, -0.25) is 14.9 Å². The molecule has 0 saturated heterocycles. The molecule has 0 unspecified atom stereocenters. The van der Waals surface area contributed by atoms with E-state index in [4.69, 9.17) is 11.6 Å². The first-order valence-electron chi connectivity index (χ1n) is 7.42. The molecule has 0 bridgehead atoms. The molecule has 2 aromatic carbocycles. The second kappa shape index (κ2) is 7.46. The number of nitrogens with zero attached hydrogens (tertiary/aromatic N) is 1. The van der Waals surface area contributed by atoms with E-state index in [1.165, 1.54) is 11.3 Å². The fourth-order valence-electron chi connectivity index (χ4n) is 2.11. The van der Waals surface area contributed by atoms with Crippen molar-refractivity contribution in [3.8, 4) is 0 Å². The molecule has 1 aromatic heterocycles. The maximum absolute atomic E-state index is 12.3. The van der Waals surface area contributed by atoms with Crippen LogP contribution in [0.1, 0.15) is 26.4 Å². The van der Waals surface area contributed by atoms with Crippen LogP contribution in [0.5, 0.6) is 0 Å². The number of hydrogen-bond acceptors (Lipinski definition) is 4. The number of aromatic nitrogens is 1. The van der Waals surface area contributed by atoms with Gasteiger partial charge in [0.2, 0.25) is 0 Å². The SMILES string of the molecule is Cc1ccc(Cl)cc1NC(=O)c1csc(NC(=O)c2ccccc2)n1. The van der Waals surface area contributed by atoms with Crippen LogP contribution in [0.2, 0.25) is 5.02 Å². The third kappa shape index (κ3) is 4.23. The van der Waals surface area contributed by atoms with Crippen LogP contribution in [0.4, 0.5) is 10.8 Å². The van der Waals surface area contributed by atoms with E-state index in [2.05, 4.69) is 15.6 Å². The lowest BCUT2D eigenvalue weighted by Crippen LogP contribution is -2.14. The summed E-state index contributed by atoms with van der Waals surface area (Å²) in [7, 11) is 0. The summed E-state index contributed by atoms with van der Waals surface area (Å²) in [5.41, 5.74) is 2.27. The molecule has 3 rings (SSSR count). The molecule has 0 atom stereocenters. The molecule has 0 aliphatic heterocycles. The topological polar surface area (TPSA) is 71.1 Å². The van der Waals surface area contributed by atoms with Crippen molar-refractivity contribution in [1.82, 2.24) is 4.98 Å². The van der Waals surface area contributed by atoms with Gasteiger partial charge in [-0.1, -0.05) is 35.9 Å². The van der Waals surface area contributed by atoms with E-state index in [0.29, 0.717) is 21.4 Å². The number of carbonyl (C=O) groups is 2. The summed E-state index contributed by atoms with van der Waals surface area (Å²) in [6, 6.07) is 14.1. The summed E-state index contributed by atoms with van der Waals surface area (Å²) in [4.78, 5) is 28.6. The van der Waals surface area contributed by atoms with Gasteiger partial charge in [0.15, 0.2) is 5.13 Å². The fourth-order valence-corrected chi connectivity index (χ4v) is 2.97. The highest BCUT2D eigenvalue weighted by molar-refractivity contribution is 7.14. The molecule has 2 amide bonds. The van der Waals surface area contributed by atoms with Gasteiger partial charge in [0.1, 0.15) is 5.69 Å². The molecule has 7 heteroatoms. The predicted octanol–water partition coefficient (Wildman–Crippen LogP) is 4.61. The minimum atomic E-state index is -0.359. The number of halogens is 1. The van der Waals surface area contributed by atoms with Crippen molar-refractivity contribution in [3.05, 3.63) is 75.8 Å². The lowest BCUT2D eigenvalue weighted by Gasteiger charge is -2.07. The Hall–Kier alpha value is -2.70. The summed E-state index contributed by atoms with van der Waals surface area (Å²) < 4.78 is 0. The van der Waals surface area contributed by atoms with Gasteiger partial charge in [-0.2, -0.15) is 0 Å². The molecule has 0 radical (unpaired) electrons. The summed E-state index contributed by atoms with van der Waals surface area (Å²) in [5, 5.41) is 7.95. The Kier molecular flexibility index (Phi) is 5.11. The first kappa shape index (κ1) is 17.1. The third-order valence-corrected chi connectivity index (χ3v) is 4.43. The van der Waals surface area contributed by atoms with Gasteiger partial charge in [0, 0.05) is 21.7 Å². The predicted molar refractivity (Wildman–Crippen MR) is 101 cm³/mol. The average Bonchev–Trinajstić information content (AvgIpc) is 3.07. The van der Waals surface area contributed by atoms with Gasteiger partial charge in [-0.25, -0.2) is 4.98 Å². The van der Waals surface area contributed by atoms with E-state index in [0.717, 1.165) is 5.56 Å².